The Balaban J connectivity index is 2.69. The third-order valence-corrected chi connectivity index (χ3v) is 2.43. The van der Waals surface area contributed by atoms with Crippen molar-refractivity contribution in [3.8, 4) is 5.75 Å². The molecule has 0 fully saturated rings. The summed E-state index contributed by atoms with van der Waals surface area (Å²) in [6.45, 7) is 2.06. The van der Waals surface area contributed by atoms with Crippen LogP contribution in [0.4, 0.5) is 4.39 Å². The molecule has 0 aromatic heterocycles. The molecule has 1 N–H and O–H groups in total. The van der Waals surface area contributed by atoms with Gasteiger partial charge in [0, 0.05) is 5.75 Å². The molecule has 1 rings (SSSR count). The molecule has 3 heteroatoms. The number of hydrogen-bond donors (Lipinski definition) is 1. The summed E-state index contributed by atoms with van der Waals surface area (Å²) in [5.74, 6) is 1.03. The fourth-order valence-corrected chi connectivity index (χ4v) is 1.49. The van der Waals surface area contributed by atoms with Gasteiger partial charge in [-0.2, -0.15) is 11.8 Å². The van der Waals surface area contributed by atoms with Gasteiger partial charge in [0.1, 0.15) is 0 Å². The molecule has 0 heterocycles. The number of halogens is 1. The molecule has 0 saturated carbocycles. The van der Waals surface area contributed by atoms with Gasteiger partial charge in [0.15, 0.2) is 11.6 Å². The maximum Gasteiger partial charge on any atom is 0.164 e. The van der Waals surface area contributed by atoms with Crippen molar-refractivity contribution in [3.05, 3.63) is 29.6 Å². The summed E-state index contributed by atoms with van der Waals surface area (Å²) in [4.78, 5) is 0. The van der Waals surface area contributed by atoms with Crippen molar-refractivity contribution in [2.45, 2.75) is 12.7 Å². The van der Waals surface area contributed by atoms with Crippen molar-refractivity contribution in [2.24, 2.45) is 0 Å². The summed E-state index contributed by atoms with van der Waals surface area (Å²) in [5, 5.41) is 9.02. The van der Waals surface area contributed by atoms with Crippen LogP contribution >= 0.6 is 11.8 Å². The van der Waals surface area contributed by atoms with Gasteiger partial charge in [0.2, 0.25) is 0 Å². The Labute approximate surface area is 75.6 Å². The maximum atomic E-state index is 12.6. The Hall–Kier alpha value is -0.700. The summed E-state index contributed by atoms with van der Waals surface area (Å²) >= 11 is 1.74. The molecular formula is C9H11FOS. The Morgan fingerprint density at radius 1 is 1.50 bits per heavy atom. The second kappa shape index (κ2) is 4.36. The average molecular weight is 186 g/mol. The first-order valence-corrected chi connectivity index (χ1v) is 4.94. The maximum absolute atomic E-state index is 12.6. The first-order valence-electron chi connectivity index (χ1n) is 3.79. The van der Waals surface area contributed by atoms with E-state index in [-0.39, 0.29) is 5.75 Å². The topological polar surface area (TPSA) is 20.2 Å². The number of phenols is 1. The molecule has 0 aliphatic carbocycles. The Bertz CT molecular complexity index is 263. The monoisotopic (exact) mass is 186 g/mol. The first-order chi connectivity index (χ1) is 5.74. The molecule has 0 radical (unpaired) electrons. The lowest BCUT2D eigenvalue weighted by Gasteiger charge is -2.00. The van der Waals surface area contributed by atoms with Crippen LogP contribution in [0.15, 0.2) is 18.2 Å². The molecule has 0 aliphatic heterocycles. The van der Waals surface area contributed by atoms with Crippen LogP contribution in [0.25, 0.3) is 0 Å². The van der Waals surface area contributed by atoms with Crippen LogP contribution in [-0.4, -0.2) is 10.9 Å². The van der Waals surface area contributed by atoms with Gasteiger partial charge in [-0.05, 0) is 23.4 Å². The smallest absolute Gasteiger partial charge is 0.164 e. The van der Waals surface area contributed by atoms with E-state index < -0.39 is 5.82 Å². The molecule has 0 aliphatic rings. The molecule has 12 heavy (non-hydrogen) atoms. The van der Waals surface area contributed by atoms with E-state index in [2.05, 4.69) is 6.92 Å². The zero-order valence-corrected chi connectivity index (χ0v) is 7.70. The number of benzene rings is 1. The van der Waals surface area contributed by atoms with Crippen molar-refractivity contribution in [2.75, 3.05) is 5.75 Å². The van der Waals surface area contributed by atoms with Gasteiger partial charge in [-0.15, -0.1) is 0 Å². The molecule has 0 bridgehead atoms. The van der Waals surface area contributed by atoms with Gasteiger partial charge in [0.05, 0.1) is 0 Å². The lowest BCUT2D eigenvalue weighted by molar-refractivity contribution is 0.432. The molecule has 1 nitrogen and oxygen atoms in total. The summed E-state index contributed by atoms with van der Waals surface area (Å²) in [6.07, 6.45) is 0. The highest BCUT2D eigenvalue weighted by Gasteiger charge is 2.00. The minimum atomic E-state index is -0.555. The van der Waals surface area contributed by atoms with Crippen LogP contribution < -0.4 is 0 Å². The van der Waals surface area contributed by atoms with Crippen LogP contribution in [0, 0.1) is 5.82 Å². The predicted molar refractivity (Wildman–Crippen MR) is 49.9 cm³/mol. The second-order valence-electron chi connectivity index (χ2n) is 2.42. The molecule has 0 amide bonds. The molecule has 1 aromatic carbocycles. The molecule has 0 saturated heterocycles. The SMILES string of the molecule is CCSCc1ccc(F)c(O)c1. The van der Waals surface area contributed by atoms with Crippen molar-refractivity contribution < 1.29 is 9.50 Å². The number of phenolic OH excluding ortho intramolecular Hbond substituents is 1. The van der Waals surface area contributed by atoms with Gasteiger partial charge in [-0.1, -0.05) is 13.0 Å². The van der Waals surface area contributed by atoms with Crippen LogP contribution in [0.3, 0.4) is 0 Å². The second-order valence-corrected chi connectivity index (χ2v) is 3.70. The van der Waals surface area contributed by atoms with E-state index in [0.29, 0.717) is 0 Å². The summed E-state index contributed by atoms with van der Waals surface area (Å²) in [6, 6.07) is 4.45. The number of aromatic hydroxyl groups is 1. The van der Waals surface area contributed by atoms with Gasteiger partial charge >= 0.3 is 0 Å². The summed E-state index contributed by atoms with van der Waals surface area (Å²) in [5.41, 5.74) is 0.959. The number of rotatable bonds is 3. The van der Waals surface area contributed by atoms with E-state index in [1.165, 1.54) is 12.1 Å². The fourth-order valence-electron chi connectivity index (χ4n) is 0.868. The third kappa shape index (κ3) is 2.41. The zero-order chi connectivity index (χ0) is 8.97. The van der Waals surface area contributed by atoms with Crippen molar-refractivity contribution in [3.63, 3.8) is 0 Å². The molecule has 0 atom stereocenters. The van der Waals surface area contributed by atoms with Gasteiger partial charge in [0.25, 0.3) is 0 Å². The average Bonchev–Trinajstić information content (AvgIpc) is 2.07. The summed E-state index contributed by atoms with van der Waals surface area (Å²) in [7, 11) is 0. The minimum Gasteiger partial charge on any atom is -0.505 e. The highest BCUT2D eigenvalue weighted by Crippen LogP contribution is 2.19. The third-order valence-electron chi connectivity index (χ3n) is 1.48. The zero-order valence-electron chi connectivity index (χ0n) is 6.88. The molecular weight excluding hydrogens is 175 g/mol. The van der Waals surface area contributed by atoms with E-state index in [1.807, 2.05) is 0 Å². The van der Waals surface area contributed by atoms with E-state index in [0.717, 1.165) is 17.1 Å². The van der Waals surface area contributed by atoms with Gasteiger partial charge in [-0.3, -0.25) is 0 Å². The van der Waals surface area contributed by atoms with Gasteiger partial charge < -0.3 is 5.11 Å². The Kier molecular flexibility index (Phi) is 3.41. The van der Waals surface area contributed by atoms with Crippen molar-refractivity contribution in [1.29, 1.82) is 0 Å². The largest absolute Gasteiger partial charge is 0.505 e. The highest BCUT2D eigenvalue weighted by molar-refractivity contribution is 7.98. The Morgan fingerprint density at radius 2 is 2.25 bits per heavy atom. The molecule has 0 unspecified atom stereocenters. The number of thioether (sulfide) groups is 1. The van der Waals surface area contributed by atoms with Gasteiger partial charge in [-0.25, -0.2) is 4.39 Å². The van der Waals surface area contributed by atoms with Crippen LogP contribution in [0.5, 0.6) is 5.75 Å². The van der Waals surface area contributed by atoms with Crippen molar-refractivity contribution >= 4 is 11.8 Å². The minimum absolute atomic E-state index is 0.260. The normalized spacial score (nSPS) is 10.2. The highest BCUT2D eigenvalue weighted by atomic mass is 32.2. The van der Waals surface area contributed by atoms with Crippen LogP contribution in [-0.2, 0) is 5.75 Å². The molecule has 66 valence electrons. The lowest BCUT2D eigenvalue weighted by atomic mass is 10.2. The first kappa shape index (κ1) is 9.39. The fraction of sp³-hybridized carbons (Fsp3) is 0.333. The molecule has 0 spiro atoms. The standard InChI is InChI=1S/C9H11FOS/c1-2-12-6-7-3-4-8(10)9(11)5-7/h3-5,11H,2,6H2,1H3. The quantitative estimate of drug-likeness (QED) is 0.783. The van der Waals surface area contributed by atoms with Crippen molar-refractivity contribution in [1.82, 2.24) is 0 Å². The number of hydrogen-bond acceptors (Lipinski definition) is 2. The van der Waals surface area contributed by atoms with Crippen LogP contribution in [0.2, 0.25) is 0 Å². The molecule has 1 aromatic rings. The van der Waals surface area contributed by atoms with E-state index in [9.17, 15) is 4.39 Å². The van der Waals surface area contributed by atoms with E-state index >= 15 is 0 Å². The van der Waals surface area contributed by atoms with Crippen LogP contribution in [0.1, 0.15) is 12.5 Å². The Morgan fingerprint density at radius 3 is 2.83 bits per heavy atom. The van der Waals surface area contributed by atoms with E-state index in [4.69, 9.17) is 5.11 Å². The summed E-state index contributed by atoms with van der Waals surface area (Å²) < 4.78 is 12.6. The lowest BCUT2D eigenvalue weighted by Crippen LogP contribution is -1.83. The van der Waals surface area contributed by atoms with E-state index in [1.54, 1.807) is 17.8 Å². The predicted octanol–water partition coefficient (Wildman–Crippen LogP) is 2.78.